The molecule has 2 amide bonds. The number of aliphatic hydroxyl groups excluding tert-OH is 2. The third kappa shape index (κ3) is 7.35. The van der Waals surface area contributed by atoms with Gasteiger partial charge in [-0.15, -0.1) is 0 Å². The smallest absolute Gasteiger partial charge is 0.302 e. The SMILES string of the molecule is Nc1nc(N)c(C(=O)/N=C2\NCC3(CCN(C(=O)c4ccc(OCc5ccc6cc(OC[C@@H](O)CO)ccc6c5)cc4)CC3)N2)nc1Cl. The monoisotopic (exact) mass is 674 g/mol. The van der Waals surface area contributed by atoms with Crippen molar-refractivity contribution in [3.05, 3.63) is 82.6 Å². The number of halogens is 1. The number of anilines is 2. The Morgan fingerprint density at radius 1 is 0.979 bits per heavy atom. The Bertz CT molecular complexity index is 1860. The van der Waals surface area contributed by atoms with E-state index in [2.05, 4.69) is 25.6 Å². The normalized spacial score (nSPS) is 16.8. The molecule has 48 heavy (non-hydrogen) atoms. The number of carbonyl (C=O) groups excluding carboxylic acids is 2. The van der Waals surface area contributed by atoms with Crippen molar-refractivity contribution in [3.8, 4) is 11.5 Å². The fourth-order valence-corrected chi connectivity index (χ4v) is 5.72. The highest BCUT2D eigenvalue weighted by atomic mass is 35.5. The highest BCUT2D eigenvalue weighted by Gasteiger charge is 2.41. The number of rotatable bonds is 9. The summed E-state index contributed by atoms with van der Waals surface area (Å²) in [5.74, 6) is 0.558. The molecule has 0 aliphatic carbocycles. The number of aromatic nitrogens is 2. The summed E-state index contributed by atoms with van der Waals surface area (Å²) in [5, 5.41) is 26.7. The molecule has 2 fully saturated rings. The van der Waals surface area contributed by atoms with Gasteiger partial charge in [0.05, 0.1) is 12.1 Å². The van der Waals surface area contributed by atoms with Gasteiger partial charge in [-0.1, -0.05) is 29.8 Å². The zero-order chi connectivity index (χ0) is 33.8. The van der Waals surface area contributed by atoms with Gasteiger partial charge in [-0.05, 0) is 71.6 Å². The number of likely N-dealkylation sites (tertiary alicyclic amines) is 1. The van der Waals surface area contributed by atoms with Crippen LogP contribution in [-0.4, -0.2) is 87.3 Å². The third-order valence-corrected chi connectivity index (χ3v) is 8.62. The van der Waals surface area contributed by atoms with E-state index in [0.29, 0.717) is 62.1 Å². The number of fused-ring (bicyclic) bond motifs is 1. The number of hydrogen-bond acceptors (Lipinski definition) is 10. The lowest BCUT2D eigenvalue weighted by atomic mass is 9.88. The highest BCUT2D eigenvalue weighted by molar-refractivity contribution is 6.31. The number of ether oxygens (including phenoxy) is 2. The van der Waals surface area contributed by atoms with Crippen molar-refractivity contribution in [2.45, 2.75) is 31.1 Å². The summed E-state index contributed by atoms with van der Waals surface area (Å²) in [6, 6.07) is 18.7. The standard InChI is InChI=1S/C33H35ClN8O6/c34-27-29(36)39-28(35)26(38-27)30(45)40-32-37-18-33(41-32)9-11-42(12-10-33)31(46)20-3-6-24(7-4-20)47-16-19-1-2-22-14-25(8-5-21(22)13-19)48-17-23(44)15-43/h1-8,13-14,23,43-44H,9-12,15-18H2,(H4,35,36,39)(H2,37,40,41,45)/t23-/m0/s1. The second-order valence-electron chi connectivity index (χ2n) is 11.8. The van der Waals surface area contributed by atoms with Gasteiger partial charge in [-0.2, -0.15) is 4.99 Å². The molecule has 250 valence electrons. The fraction of sp³-hybridized carbons (Fsp3) is 0.303. The Morgan fingerprint density at radius 2 is 1.69 bits per heavy atom. The van der Waals surface area contributed by atoms with Gasteiger partial charge in [0.25, 0.3) is 5.91 Å². The predicted octanol–water partition coefficient (Wildman–Crippen LogP) is 2.12. The van der Waals surface area contributed by atoms with Crippen molar-refractivity contribution in [1.29, 1.82) is 0 Å². The van der Waals surface area contributed by atoms with Crippen LogP contribution in [0.4, 0.5) is 11.6 Å². The van der Waals surface area contributed by atoms with Gasteiger partial charge in [0.2, 0.25) is 0 Å². The minimum Gasteiger partial charge on any atom is -0.491 e. The molecule has 15 heteroatoms. The molecule has 0 unspecified atom stereocenters. The largest absolute Gasteiger partial charge is 0.491 e. The average Bonchev–Trinajstić information content (AvgIpc) is 3.48. The van der Waals surface area contributed by atoms with E-state index >= 15 is 0 Å². The van der Waals surface area contributed by atoms with E-state index in [9.17, 15) is 14.7 Å². The van der Waals surface area contributed by atoms with Gasteiger partial charge in [-0.25, -0.2) is 9.97 Å². The van der Waals surface area contributed by atoms with Crippen LogP contribution < -0.4 is 31.6 Å². The number of nitrogen functional groups attached to an aromatic ring is 2. The van der Waals surface area contributed by atoms with Crippen LogP contribution in [0.1, 0.15) is 39.3 Å². The molecule has 14 nitrogen and oxygen atoms in total. The van der Waals surface area contributed by atoms with Gasteiger partial charge < -0.3 is 46.7 Å². The second-order valence-corrected chi connectivity index (χ2v) is 12.1. The van der Waals surface area contributed by atoms with E-state index in [-0.39, 0.29) is 47.1 Å². The van der Waals surface area contributed by atoms with Crippen LogP contribution in [0, 0.1) is 0 Å². The first kappa shape index (κ1) is 32.7. The van der Waals surface area contributed by atoms with Crippen molar-refractivity contribution in [3.63, 3.8) is 0 Å². The molecule has 3 aromatic carbocycles. The summed E-state index contributed by atoms with van der Waals surface area (Å²) in [6.45, 7) is 1.61. The molecule has 1 atom stereocenters. The number of nitrogens with zero attached hydrogens (tertiary/aromatic N) is 4. The summed E-state index contributed by atoms with van der Waals surface area (Å²) < 4.78 is 11.5. The molecule has 0 saturated carbocycles. The quantitative estimate of drug-likeness (QED) is 0.151. The van der Waals surface area contributed by atoms with Crippen LogP contribution in [0.2, 0.25) is 5.15 Å². The number of hydrogen-bond donors (Lipinski definition) is 6. The first-order chi connectivity index (χ1) is 23.1. The van der Waals surface area contributed by atoms with Crippen LogP contribution >= 0.6 is 11.6 Å². The lowest BCUT2D eigenvalue weighted by Gasteiger charge is -2.38. The van der Waals surface area contributed by atoms with E-state index < -0.39 is 12.0 Å². The average molecular weight is 675 g/mol. The van der Waals surface area contributed by atoms with Crippen LogP contribution in [0.25, 0.3) is 10.8 Å². The number of benzene rings is 3. The van der Waals surface area contributed by atoms with E-state index in [0.717, 1.165) is 16.3 Å². The molecule has 3 heterocycles. The fourth-order valence-electron chi connectivity index (χ4n) is 5.59. The molecular formula is C33H35ClN8O6. The topological polar surface area (TPSA) is 211 Å². The van der Waals surface area contributed by atoms with Crippen LogP contribution in [-0.2, 0) is 6.61 Å². The molecule has 6 rings (SSSR count). The number of nitrogens with one attached hydrogen (secondary N) is 2. The van der Waals surface area contributed by atoms with Gasteiger partial charge in [0.1, 0.15) is 30.8 Å². The van der Waals surface area contributed by atoms with Crippen molar-refractivity contribution in [1.82, 2.24) is 25.5 Å². The Balaban J connectivity index is 0.992. The van der Waals surface area contributed by atoms with Crippen molar-refractivity contribution in [2.75, 3.05) is 44.3 Å². The maximum absolute atomic E-state index is 13.3. The molecule has 0 bridgehead atoms. The summed E-state index contributed by atoms with van der Waals surface area (Å²) in [6.07, 6.45) is 0.389. The van der Waals surface area contributed by atoms with Crippen molar-refractivity contribution >= 4 is 51.8 Å². The van der Waals surface area contributed by atoms with Crippen LogP contribution in [0.3, 0.4) is 0 Å². The first-order valence-electron chi connectivity index (χ1n) is 15.3. The lowest BCUT2D eigenvalue weighted by molar-refractivity contribution is 0.0536. The minimum atomic E-state index is -0.922. The molecule has 2 aliphatic rings. The van der Waals surface area contributed by atoms with E-state index in [1.165, 1.54) is 0 Å². The zero-order valence-electron chi connectivity index (χ0n) is 25.9. The number of piperidine rings is 1. The molecule has 0 radical (unpaired) electrons. The van der Waals surface area contributed by atoms with Gasteiger partial charge in [0.15, 0.2) is 28.4 Å². The molecule has 8 N–H and O–H groups in total. The molecule has 2 saturated heterocycles. The molecule has 2 aliphatic heterocycles. The Kier molecular flexibility index (Phi) is 9.48. The summed E-state index contributed by atoms with van der Waals surface area (Å²) >= 11 is 5.89. The minimum absolute atomic E-state index is 0.0184. The third-order valence-electron chi connectivity index (χ3n) is 8.34. The van der Waals surface area contributed by atoms with Crippen molar-refractivity contribution < 1.29 is 29.3 Å². The first-order valence-corrected chi connectivity index (χ1v) is 15.7. The zero-order valence-corrected chi connectivity index (χ0v) is 26.6. The van der Waals surface area contributed by atoms with Gasteiger partial charge in [-0.3, -0.25) is 9.59 Å². The Morgan fingerprint density at radius 3 is 2.44 bits per heavy atom. The lowest BCUT2D eigenvalue weighted by Crippen LogP contribution is -2.53. The van der Waals surface area contributed by atoms with Gasteiger partial charge in [0, 0.05) is 25.2 Å². The number of amides is 2. The Hall–Kier alpha value is -5.18. The predicted molar refractivity (Wildman–Crippen MR) is 180 cm³/mol. The number of nitrogens with two attached hydrogens (primary N) is 2. The van der Waals surface area contributed by atoms with Crippen LogP contribution in [0.5, 0.6) is 11.5 Å². The summed E-state index contributed by atoms with van der Waals surface area (Å²) in [5.41, 5.74) is 12.4. The number of aliphatic hydroxyl groups is 2. The molecule has 4 aromatic rings. The van der Waals surface area contributed by atoms with Crippen molar-refractivity contribution in [2.24, 2.45) is 4.99 Å². The molecular weight excluding hydrogens is 640 g/mol. The van der Waals surface area contributed by atoms with E-state index in [1.54, 1.807) is 24.3 Å². The van der Waals surface area contributed by atoms with Crippen LogP contribution in [0.15, 0.2) is 65.7 Å². The maximum Gasteiger partial charge on any atom is 0.302 e. The summed E-state index contributed by atoms with van der Waals surface area (Å²) in [4.78, 5) is 39.6. The molecule has 1 aromatic heterocycles. The van der Waals surface area contributed by atoms with E-state index in [4.69, 9.17) is 37.6 Å². The highest BCUT2D eigenvalue weighted by Crippen LogP contribution is 2.27. The van der Waals surface area contributed by atoms with E-state index in [1.807, 2.05) is 41.3 Å². The number of guanidine groups is 1. The Labute approximate surface area is 280 Å². The number of aliphatic imine (C=N–C) groups is 1. The number of carbonyl (C=O) groups is 2. The van der Waals surface area contributed by atoms with Gasteiger partial charge >= 0.3 is 5.91 Å². The molecule has 1 spiro atoms. The maximum atomic E-state index is 13.3. The second kappa shape index (κ2) is 13.9. The summed E-state index contributed by atoms with van der Waals surface area (Å²) in [7, 11) is 0.